The van der Waals surface area contributed by atoms with Gasteiger partial charge in [-0.2, -0.15) is 17.6 Å². The molecule has 2 heterocycles. The molecule has 4 aromatic rings. The zero-order valence-corrected chi connectivity index (χ0v) is 28.8. The number of unbranched alkanes of at least 4 members (excludes halogenated alkanes) is 2. The summed E-state index contributed by atoms with van der Waals surface area (Å²) < 4.78 is 12.0. The first-order valence-corrected chi connectivity index (χ1v) is 16.7. The van der Waals surface area contributed by atoms with Crippen molar-refractivity contribution < 1.29 is 23.9 Å². The van der Waals surface area contributed by atoms with Crippen LogP contribution in [0.3, 0.4) is 0 Å². The number of nitrogens with zero attached hydrogens (tertiary/aromatic N) is 5. The molecule has 0 aliphatic carbocycles. The smallest absolute Gasteiger partial charge is 0.260 e. The molecule has 1 aromatic heterocycles. The average molecular weight is 671 g/mol. The third-order valence-electron chi connectivity index (χ3n) is 8.65. The third-order valence-corrected chi connectivity index (χ3v) is 8.95. The van der Waals surface area contributed by atoms with E-state index >= 15 is 0 Å². The number of fused-ring (bicyclic) bond motifs is 1. The minimum atomic E-state index is -0.402. The van der Waals surface area contributed by atoms with Crippen molar-refractivity contribution in [3.05, 3.63) is 65.5 Å². The Morgan fingerprint density at radius 2 is 1.85 bits per heavy atom. The molecule has 0 atom stereocenters. The lowest BCUT2D eigenvalue weighted by Gasteiger charge is -2.32. The minimum Gasteiger partial charge on any atom is -0.494 e. The molecule has 3 aromatic carbocycles. The summed E-state index contributed by atoms with van der Waals surface area (Å²) in [5, 5.41) is 0. The van der Waals surface area contributed by atoms with Crippen LogP contribution in [0.4, 0.5) is 11.4 Å². The van der Waals surface area contributed by atoms with Crippen molar-refractivity contribution in [1.29, 1.82) is 0 Å². The number of benzene rings is 3. The summed E-state index contributed by atoms with van der Waals surface area (Å²) in [6.07, 6.45) is 4.57. The van der Waals surface area contributed by atoms with E-state index in [0.29, 0.717) is 47.1 Å². The van der Waals surface area contributed by atoms with E-state index in [9.17, 15) is 14.4 Å². The number of likely N-dealkylation sites (N-methyl/N-ethyl adjacent to an activating group) is 1. The fraction of sp³-hybridized carbons (Fsp3) is 0.389. The molecule has 48 heavy (non-hydrogen) atoms. The maximum Gasteiger partial charge on any atom is 0.260 e. The molecule has 11 nitrogen and oxygen atoms in total. The zero-order chi connectivity index (χ0) is 34.2. The number of methoxy groups -OCH3 is 1. The maximum atomic E-state index is 14.0. The number of aliphatic imine (C=N–C) groups is 1. The predicted octanol–water partition coefficient (Wildman–Crippen LogP) is 5.93. The van der Waals surface area contributed by atoms with Crippen molar-refractivity contribution in [3.63, 3.8) is 0 Å². The van der Waals surface area contributed by atoms with Crippen molar-refractivity contribution in [2.24, 2.45) is 4.99 Å². The average Bonchev–Trinajstić information content (AvgIpc) is 3.53. The number of para-hydroxylation sites is 1. The highest BCUT2D eigenvalue weighted by Gasteiger charge is 2.26. The number of hydrogen-bond donors (Lipinski definition) is 2. The monoisotopic (exact) mass is 670 g/mol. The van der Waals surface area contributed by atoms with E-state index in [1.807, 2.05) is 48.2 Å². The largest absolute Gasteiger partial charge is 0.494 e. The molecule has 2 amide bonds. The van der Waals surface area contributed by atoms with Gasteiger partial charge in [0.05, 0.1) is 36.0 Å². The molecule has 0 spiro atoms. The lowest BCUT2D eigenvalue weighted by Crippen LogP contribution is -2.47. The molecule has 5 rings (SSSR count). The number of carbonyl (C=O) groups is 2. The Labute approximate surface area is 286 Å². The number of aryl methyl sites for hydroxylation is 1. The van der Waals surface area contributed by atoms with Crippen molar-refractivity contribution in [1.82, 2.24) is 19.8 Å². The molecule has 1 aliphatic heterocycles. The summed E-state index contributed by atoms with van der Waals surface area (Å²) >= 11 is 4.34. The van der Waals surface area contributed by atoms with Gasteiger partial charge in [-0.1, -0.05) is 18.2 Å². The second-order valence-electron chi connectivity index (χ2n) is 12.0. The molecule has 252 valence electrons. The predicted molar refractivity (Wildman–Crippen MR) is 191 cm³/mol. The number of aromatic nitrogens is 2. The number of anilines is 1. The summed E-state index contributed by atoms with van der Waals surface area (Å²) in [4.78, 5) is 55.8. The van der Waals surface area contributed by atoms with Crippen LogP contribution in [0.2, 0.25) is 0 Å². The molecule has 1 saturated heterocycles. The number of imidazole rings is 1. The molecular formula is C36H42N6O5S. The first kappa shape index (κ1) is 34.7. The standard InChI is InChI=1S/C36H42N6O5S/c1-24-12-15-29(30(21-24)47-20-7-5-6-11-32(44)42-18-16-40(2)17-19-42)41(3)36(45)27-14-13-26(35(46-4)34(27)37-23-43)25-9-8-10-28-33(25)39-31(22-48)38-28/h8-10,12-15,21,48H,5-7,11,16-20,22H2,1-4H3,(H,38,39). The maximum absolute atomic E-state index is 14.0. The van der Waals surface area contributed by atoms with Crippen LogP contribution in [-0.4, -0.2) is 91.7 Å². The Hall–Kier alpha value is -4.64. The quantitative estimate of drug-likeness (QED) is 0.0783. The van der Waals surface area contributed by atoms with Crippen LogP contribution in [0.25, 0.3) is 22.2 Å². The van der Waals surface area contributed by atoms with Crippen LogP contribution in [0, 0.1) is 6.92 Å². The third kappa shape index (κ3) is 7.73. The van der Waals surface area contributed by atoms with Gasteiger partial charge in [0.25, 0.3) is 5.91 Å². The number of rotatable bonds is 13. The highest BCUT2D eigenvalue weighted by atomic mass is 32.1. The number of nitrogens with one attached hydrogen (secondary N) is 1. The Morgan fingerprint density at radius 3 is 2.58 bits per heavy atom. The fourth-order valence-corrected chi connectivity index (χ4v) is 6.10. The summed E-state index contributed by atoms with van der Waals surface area (Å²) in [7, 11) is 5.20. The Bertz CT molecular complexity index is 1830. The summed E-state index contributed by atoms with van der Waals surface area (Å²) in [6, 6.07) is 14.8. The van der Waals surface area contributed by atoms with E-state index in [0.717, 1.165) is 62.1 Å². The lowest BCUT2D eigenvalue weighted by molar-refractivity contribution is -0.132. The van der Waals surface area contributed by atoms with E-state index in [4.69, 9.17) is 9.47 Å². The number of ether oxygens (including phenoxy) is 2. The normalized spacial score (nSPS) is 13.3. The molecule has 0 bridgehead atoms. The van der Waals surface area contributed by atoms with Crippen molar-refractivity contribution in [2.45, 2.75) is 38.4 Å². The number of carbonyl (C=O) groups excluding carboxylic acids is 3. The second kappa shape index (κ2) is 16.0. The molecule has 0 saturated carbocycles. The Kier molecular flexibility index (Phi) is 11.5. The second-order valence-corrected chi connectivity index (χ2v) is 12.3. The number of aromatic amines is 1. The van der Waals surface area contributed by atoms with E-state index < -0.39 is 5.91 Å². The Balaban J connectivity index is 1.31. The number of H-pyrrole nitrogens is 1. The van der Waals surface area contributed by atoms with Crippen LogP contribution in [-0.2, 0) is 15.3 Å². The van der Waals surface area contributed by atoms with E-state index in [2.05, 4.69) is 39.5 Å². The number of piperazine rings is 1. The van der Waals surface area contributed by atoms with Gasteiger partial charge in [-0.05, 0) is 69.1 Å². The number of thiol groups is 1. The summed E-state index contributed by atoms with van der Waals surface area (Å²) in [5.41, 5.74) is 4.70. The van der Waals surface area contributed by atoms with Crippen LogP contribution in [0.5, 0.6) is 11.5 Å². The van der Waals surface area contributed by atoms with Gasteiger partial charge in [0.2, 0.25) is 12.0 Å². The van der Waals surface area contributed by atoms with Gasteiger partial charge in [-0.25, -0.2) is 9.78 Å². The van der Waals surface area contributed by atoms with Gasteiger partial charge in [-0.15, -0.1) is 0 Å². The lowest BCUT2D eigenvalue weighted by atomic mass is 9.98. The molecule has 0 unspecified atom stereocenters. The van der Waals surface area contributed by atoms with Gasteiger partial charge in [0.15, 0.2) is 5.75 Å². The van der Waals surface area contributed by atoms with E-state index in [-0.39, 0.29) is 22.9 Å². The number of isocyanates is 1. The van der Waals surface area contributed by atoms with Crippen LogP contribution < -0.4 is 14.4 Å². The van der Waals surface area contributed by atoms with Crippen molar-refractivity contribution in [2.75, 3.05) is 58.9 Å². The van der Waals surface area contributed by atoms with Crippen molar-refractivity contribution in [3.8, 4) is 22.6 Å². The van der Waals surface area contributed by atoms with E-state index in [1.165, 1.54) is 12.0 Å². The fourth-order valence-electron chi connectivity index (χ4n) is 5.95. The van der Waals surface area contributed by atoms with Gasteiger partial charge in [0.1, 0.15) is 17.3 Å². The molecule has 1 aliphatic rings. The SMILES string of the molecule is COc1c(-c2cccc3[nH]c(CS)nc23)ccc(C(=O)N(C)c2ccc(C)cc2OCCCCCC(=O)N2CCN(C)CC2)c1N=C=O. The summed E-state index contributed by atoms with van der Waals surface area (Å²) in [6.45, 7) is 5.82. The molecule has 1 fully saturated rings. The molecule has 1 N–H and O–H groups in total. The molecule has 0 radical (unpaired) electrons. The van der Waals surface area contributed by atoms with Gasteiger partial charge >= 0.3 is 0 Å². The van der Waals surface area contributed by atoms with Crippen LogP contribution >= 0.6 is 12.6 Å². The summed E-state index contributed by atoms with van der Waals surface area (Å²) in [5.74, 6) is 1.79. The van der Waals surface area contributed by atoms with Gasteiger partial charge in [0, 0.05) is 56.5 Å². The molecule has 12 heteroatoms. The highest BCUT2D eigenvalue weighted by Crippen LogP contribution is 2.43. The van der Waals surface area contributed by atoms with Crippen LogP contribution in [0.15, 0.2) is 53.5 Å². The zero-order valence-electron chi connectivity index (χ0n) is 27.9. The van der Waals surface area contributed by atoms with Gasteiger partial charge < -0.3 is 29.2 Å². The number of hydrogen-bond acceptors (Lipinski definition) is 9. The van der Waals surface area contributed by atoms with Gasteiger partial charge in [-0.3, -0.25) is 9.59 Å². The first-order valence-electron chi connectivity index (χ1n) is 16.1. The first-order chi connectivity index (χ1) is 23.2. The number of amides is 2. The Morgan fingerprint density at radius 1 is 1.06 bits per heavy atom. The minimum absolute atomic E-state index is 0.0736. The van der Waals surface area contributed by atoms with Crippen molar-refractivity contribution >= 4 is 52.9 Å². The topological polar surface area (TPSA) is 120 Å². The highest BCUT2D eigenvalue weighted by molar-refractivity contribution is 7.79. The van der Waals surface area contributed by atoms with E-state index in [1.54, 1.807) is 25.3 Å². The molecular weight excluding hydrogens is 629 g/mol. The van der Waals surface area contributed by atoms with Crippen LogP contribution in [0.1, 0.15) is 47.4 Å².